The van der Waals surface area contributed by atoms with Gasteiger partial charge < -0.3 is 0 Å². The molecule has 0 heterocycles. The van der Waals surface area contributed by atoms with Crippen LogP contribution in [0.4, 0.5) is 5.69 Å². The Morgan fingerprint density at radius 2 is 1.85 bits per heavy atom. The second-order valence-electron chi connectivity index (χ2n) is 5.21. The third-order valence-corrected chi connectivity index (χ3v) is 5.08. The number of anilines is 1. The van der Waals surface area contributed by atoms with Gasteiger partial charge in [-0.15, -0.1) is 0 Å². The zero-order valence-electron chi connectivity index (χ0n) is 13.5. The van der Waals surface area contributed by atoms with Crippen LogP contribution in [0.5, 0.6) is 0 Å². The number of sulfonamides is 1. The summed E-state index contributed by atoms with van der Waals surface area (Å²) in [7, 11) is -3.69. The Balaban J connectivity index is 2.09. The number of hydrogen-bond acceptors (Lipinski definition) is 4. The van der Waals surface area contributed by atoms with Crippen LogP contribution in [0, 0.1) is 0 Å². The van der Waals surface area contributed by atoms with Crippen LogP contribution >= 0.6 is 34.8 Å². The molecule has 6 nitrogen and oxygen atoms in total. The predicted octanol–water partition coefficient (Wildman–Crippen LogP) is 3.56. The zero-order valence-corrected chi connectivity index (χ0v) is 16.6. The first-order valence-electron chi connectivity index (χ1n) is 7.17. The summed E-state index contributed by atoms with van der Waals surface area (Å²) in [6, 6.07) is 11.0. The maximum atomic E-state index is 12.1. The van der Waals surface area contributed by atoms with E-state index in [9.17, 15) is 13.2 Å². The third kappa shape index (κ3) is 5.88. The van der Waals surface area contributed by atoms with E-state index in [1.807, 2.05) is 0 Å². The van der Waals surface area contributed by atoms with Crippen LogP contribution in [-0.4, -0.2) is 33.3 Å². The van der Waals surface area contributed by atoms with Gasteiger partial charge in [0, 0.05) is 15.6 Å². The lowest BCUT2D eigenvalue weighted by atomic mass is 10.2. The van der Waals surface area contributed by atoms with Crippen LogP contribution in [0.25, 0.3) is 0 Å². The average molecular weight is 435 g/mol. The van der Waals surface area contributed by atoms with Gasteiger partial charge in [-0.05, 0) is 30.3 Å². The Hall–Kier alpha value is -1.80. The van der Waals surface area contributed by atoms with Crippen LogP contribution in [0.15, 0.2) is 47.6 Å². The van der Waals surface area contributed by atoms with Crippen molar-refractivity contribution < 1.29 is 13.2 Å². The highest BCUT2D eigenvalue weighted by molar-refractivity contribution is 7.92. The molecule has 0 aliphatic rings. The number of nitrogens with one attached hydrogen (secondary N) is 1. The summed E-state index contributed by atoms with van der Waals surface area (Å²) in [6.45, 7) is -0.454. The zero-order chi connectivity index (χ0) is 19.3. The summed E-state index contributed by atoms with van der Waals surface area (Å²) in [4.78, 5) is 12.1. The molecule has 0 fully saturated rings. The molecule has 1 amide bonds. The quantitative estimate of drug-likeness (QED) is 0.558. The van der Waals surface area contributed by atoms with Crippen molar-refractivity contribution in [3.8, 4) is 0 Å². The molecule has 0 radical (unpaired) electrons. The molecule has 0 aliphatic heterocycles. The standard InChI is InChI=1S/C16H14Cl3N3O3S/c1-26(24,25)22(14-4-2-3-12(17)7-14)10-16(23)21-20-9-11-5-6-13(18)8-15(11)19/h2-9H,10H2,1H3,(H,21,23)/b20-9-. The van der Waals surface area contributed by atoms with Gasteiger partial charge in [-0.25, -0.2) is 13.8 Å². The van der Waals surface area contributed by atoms with Crippen LogP contribution in [0.1, 0.15) is 5.56 Å². The van der Waals surface area contributed by atoms with E-state index in [-0.39, 0.29) is 5.69 Å². The summed E-state index contributed by atoms with van der Waals surface area (Å²) in [6.07, 6.45) is 2.33. The molecular weight excluding hydrogens is 421 g/mol. The molecule has 2 aromatic rings. The van der Waals surface area contributed by atoms with Crippen molar-refractivity contribution in [3.63, 3.8) is 0 Å². The first kappa shape index (κ1) is 20.5. The average Bonchev–Trinajstić information content (AvgIpc) is 2.53. The normalized spacial score (nSPS) is 11.5. The maximum Gasteiger partial charge on any atom is 0.260 e. The highest BCUT2D eigenvalue weighted by atomic mass is 35.5. The van der Waals surface area contributed by atoms with Crippen molar-refractivity contribution in [1.29, 1.82) is 0 Å². The minimum absolute atomic E-state index is 0.278. The van der Waals surface area contributed by atoms with Gasteiger partial charge in [-0.2, -0.15) is 5.10 Å². The molecule has 0 aliphatic carbocycles. The van der Waals surface area contributed by atoms with Crippen molar-refractivity contribution in [2.75, 3.05) is 17.1 Å². The van der Waals surface area contributed by atoms with Crippen LogP contribution < -0.4 is 9.73 Å². The minimum Gasteiger partial charge on any atom is -0.271 e. The highest BCUT2D eigenvalue weighted by Gasteiger charge is 2.20. The molecule has 0 spiro atoms. The number of amides is 1. The molecule has 2 rings (SSSR count). The lowest BCUT2D eigenvalue weighted by Gasteiger charge is -2.21. The third-order valence-electron chi connectivity index (χ3n) is 3.14. The number of hydrogen-bond donors (Lipinski definition) is 1. The number of carbonyl (C=O) groups is 1. The predicted molar refractivity (Wildman–Crippen MR) is 106 cm³/mol. The molecule has 0 saturated carbocycles. The Kier molecular flexibility index (Phi) is 6.88. The van der Waals surface area contributed by atoms with Crippen molar-refractivity contribution >= 4 is 62.6 Å². The summed E-state index contributed by atoms with van der Waals surface area (Å²) < 4.78 is 24.9. The Morgan fingerprint density at radius 3 is 2.46 bits per heavy atom. The molecule has 1 N–H and O–H groups in total. The van der Waals surface area contributed by atoms with Gasteiger partial charge in [0.25, 0.3) is 5.91 Å². The van der Waals surface area contributed by atoms with Crippen molar-refractivity contribution in [1.82, 2.24) is 5.43 Å². The largest absolute Gasteiger partial charge is 0.271 e. The molecule has 0 aromatic heterocycles. The van der Waals surface area contributed by atoms with Crippen molar-refractivity contribution in [3.05, 3.63) is 63.1 Å². The van der Waals surface area contributed by atoms with Crippen LogP contribution in [0.3, 0.4) is 0 Å². The van der Waals surface area contributed by atoms with Crippen LogP contribution in [-0.2, 0) is 14.8 Å². The number of halogens is 3. The summed E-state index contributed by atoms with van der Waals surface area (Å²) in [5.74, 6) is -0.628. The topological polar surface area (TPSA) is 78.8 Å². The molecule has 2 aromatic carbocycles. The lowest BCUT2D eigenvalue weighted by molar-refractivity contribution is -0.119. The highest BCUT2D eigenvalue weighted by Crippen LogP contribution is 2.21. The molecule has 0 saturated heterocycles. The van der Waals surface area contributed by atoms with Crippen molar-refractivity contribution in [2.24, 2.45) is 5.10 Å². The molecule has 0 atom stereocenters. The second kappa shape index (κ2) is 8.73. The van der Waals surface area contributed by atoms with E-state index < -0.39 is 22.5 Å². The number of hydrazone groups is 1. The molecule has 26 heavy (non-hydrogen) atoms. The minimum atomic E-state index is -3.69. The van der Waals surface area contributed by atoms with Gasteiger partial charge in [-0.3, -0.25) is 9.10 Å². The molecular formula is C16H14Cl3N3O3S. The SMILES string of the molecule is CS(=O)(=O)N(CC(=O)N/N=C\c1ccc(Cl)cc1Cl)c1cccc(Cl)c1. The Labute approximate surface area is 166 Å². The fourth-order valence-corrected chi connectivity index (χ4v) is 3.47. The smallest absolute Gasteiger partial charge is 0.260 e. The Morgan fingerprint density at radius 1 is 1.15 bits per heavy atom. The Bertz CT molecular complexity index is 949. The van der Waals surface area contributed by atoms with E-state index in [0.29, 0.717) is 20.6 Å². The maximum absolute atomic E-state index is 12.1. The fraction of sp³-hybridized carbons (Fsp3) is 0.125. The second-order valence-corrected chi connectivity index (χ2v) is 8.40. The number of carbonyl (C=O) groups excluding carboxylic acids is 1. The molecule has 0 bridgehead atoms. The summed E-state index contributed by atoms with van der Waals surface area (Å²) in [5.41, 5.74) is 3.08. The van der Waals surface area contributed by atoms with Gasteiger partial charge in [0.05, 0.1) is 23.2 Å². The summed E-state index contributed by atoms with van der Waals surface area (Å²) in [5, 5.41) is 4.97. The number of rotatable bonds is 6. The van der Waals surface area contributed by atoms with Crippen LogP contribution in [0.2, 0.25) is 15.1 Å². The van der Waals surface area contributed by atoms with E-state index in [0.717, 1.165) is 10.6 Å². The monoisotopic (exact) mass is 433 g/mol. The van der Waals surface area contributed by atoms with E-state index in [1.54, 1.807) is 24.3 Å². The van der Waals surface area contributed by atoms with Gasteiger partial charge in [-0.1, -0.05) is 46.9 Å². The molecule has 0 unspecified atom stereocenters. The molecule has 138 valence electrons. The van der Waals surface area contributed by atoms with Gasteiger partial charge in [0.15, 0.2) is 0 Å². The van der Waals surface area contributed by atoms with Gasteiger partial charge >= 0.3 is 0 Å². The van der Waals surface area contributed by atoms with E-state index in [1.165, 1.54) is 24.4 Å². The van der Waals surface area contributed by atoms with Gasteiger partial charge in [0.1, 0.15) is 6.54 Å². The fourth-order valence-electron chi connectivity index (χ4n) is 1.98. The molecule has 10 heteroatoms. The van der Waals surface area contributed by atoms with Crippen molar-refractivity contribution in [2.45, 2.75) is 0 Å². The van der Waals surface area contributed by atoms with E-state index in [4.69, 9.17) is 34.8 Å². The van der Waals surface area contributed by atoms with Gasteiger partial charge in [0.2, 0.25) is 10.0 Å². The first-order chi connectivity index (χ1) is 12.2. The lowest BCUT2D eigenvalue weighted by Crippen LogP contribution is -2.39. The van der Waals surface area contributed by atoms with E-state index >= 15 is 0 Å². The summed E-state index contributed by atoms with van der Waals surface area (Å²) >= 11 is 17.7. The number of benzene rings is 2. The first-order valence-corrected chi connectivity index (χ1v) is 10.2. The number of nitrogens with zero attached hydrogens (tertiary/aromatic N) is 2. The van der Waals surface area contributed by atoms with E-state index in [2.05, 4.69) is 10.5 Å².